The van der Waals surface area contributed by atoms with Gasteiger partial charge in [-0.2, -0.15) is 0 Å². The minimum Gasteiger partial charge on any atom is -0.274 e. The number of hydrogen-bond donors (Lipinski definition) is 1. The van der Waals surface area contributed by atoms with Crippen LogP contribution in [0.3, 0.4) is 0 Å². The lowest BCUT2D eigenvalue weighted by Gasteiger charge is -2.15. The van der Waals surface area contributed by atoms with Crippen molar-refractivity contribution in [3.8, 4) is 0 Å². The summed E-state index contributed by atoms with van der Waals surface area (Å²) in [6, 6.07) is 0. The molecule has 1 aliphatic heterocycles. The molecule has 0 spiro atoms. The number of rotatable bonds is 1. The number of alkyl halides is 1. The van der Waals surface area contributed by atoms with Crippen LogP contribution in [0.4, 0.5) is 0 Å². The number of hydroxylamine groups is 1. The molecule has 1 N–H and O–H groups in total. The molecule has 1 rings (SSSR count). The van der Waals surface area contributed by atoms with E-state index in [1.54, 1.807) is 6.20 Å². The van der Waals surface area contributed by atoms with E-state index in [1.807, 2.05) is 13.0 Å². The fourth-order valence-corrected chi connectivity index (χ4v) is 0.628. The van der Waals surface area contributed by atoms with E-state index in [4.69, 9.17) is 16.4 Å². The second kappa shape index (κ2) is 1.96. The Hall–Kier alpha value is -0.210. The monoisotopic (exact) mass is 133 g/mol. The van der Waals surface area contributed by atoms with Crippen molar-refractivity contribution in [2.24, 2.45) is 0 Å². The van der Waals surface area contributed by atoms with Crippen molar-refractivity contribution in [1.29, 1.82) is 0 Å². The lowest BCUT2D eigenvalue weighted by atomic mass is 10.1. The Morgan fingerprint density at radius 1 is 1.88 bits per heavy atom. The number of hydrogen-bond acceptors (Lipinski definition) is 2. The van der Waals surface area contributed by atoms with Crippen LogP contribution in [-0.2, 0) is 4.84 Å². The molecule has 8 heavy (non-hydrogen) atoms. The summed E-state index contributed by atoms with van der Waals surface area (Å²) in [6.07, 6.45) is 3.63. The molecule has 3 heteroatoms. The molecule has 0 aliphatic carbocycles. The van der Waals surface area contributed by atoms with Crippen LogP contribution in [0.1, 0.15) is 6.92 Å². The highest BCUT2D eigenvalue weighted by atomic mass is 35.5. The first kappa shape index (κ1) is 5.92. The van der Waals surface area contributed by atoms with Crippen molar-refractivity contribution in [3.63, 3.8) is 0 Å². The molecule has 0 aromatic carbocycles. The molecule has 1 unspecified atom stereocenters. The highest BCUT2D eigenvalue weighted by Gasteiger charge is 2.23. The Balaban J connectivity index is 2.54. The van der Waals surface area contributed by atoms with Crippen LogP contribution in [-0.4, -0.2) is 11.5 Å². The number of halogens is 1. The van der Waals surface area contributed by atoms with Crippen LogP contribution >= 0.6 is 11.6 Å². The van der Waals surface area contributed by atoms with Crippen molar-refractivity contribution in [2.45, 2.75) is 12.5 Å². The molecular weight excluding hydrogens is 126 g/mol. The Morgan fingerprint density at radius 2 is 2.62 bits per heavy atom. The van der Waals surface area contributed by atoms with E-state index in [0.717, 1.165) is 0 Å². The van der Waals surface area contributed by atoms with Gasteiger partial charge in [-0.25, -0.2) is 0 Å². The standard InChI is InChI=1S/C5H8ClNO/c1-5(4-6)2-3-7-8-5/h2-3,7H,4H2,1H3. The first-order chi connectivity index (χ1) is 3.77. The molecule has 0 radical (unpaired) electrons. The number of nitrogens with one attached hydrogen (secondary N) is 1. The molecule has 2 nitrogen and oxygen atoms in total. The lowest BCUT2D eigenvalue weighted by Crippen LogP contribution is -2.27. The zero-order valence-electron chi connectivity index (χ0n) is 4.65. The third-order valence-electron chi connectivity index (χ3n) is 1.06. The van der Waals surface area contributed by atoms with Gasteiger partial charge in [0.25, 0.3) is 0 Å². The molecule has 1 heterocycles. The van der Waals surface area contributed by atoms with Crippen molar-refractivity contribution in [3.05, 3.63) is 12.3 Å². The van der Waals surface area contributed by atoms with Gasteiger partial charge in [0, 0.05) is 6.20 Å². The maximum Gasteiger partial charge on any atom is 0.126 e. The summed E-state index contributed by atoms with van der Waals surface area (Å²) >= 11 is 5.53. The van der Waals surface area contributed by atoms with Gasteiger partial charge in [-0.1, -0.05) is 0 Å². The van der Waals surface area contributed by atoms with Crippen molar-refractivity contribution in [1.82, 2.24) is 5.48 Å². The van der Waals surface area contributed by atoms with Crippen molar-refractivity contribution < 1.29 is 4.84 Å². The van der Waals surface area contributed by atoms with E-state index in [1.165, 1.54) is 0 Å². The summed E-state index contributed by atoms with van der Waals surface area (Å²) in [5.41, 5.74) is 2.31. The second-order valence-electron chi connectivity index (χ2n) is 2.00. The minimum atomic E-state index is -0.290. The van der Waals surface area contributed by atoms with Crippen LogP contribution in [0, 0.1) is 0 Å². The third kappa shape index (κ3) is 0.956. The maximum atomic E-state index is 5.53. The van der Waals surface area contributed by atoms with Gasteiger partial charge >= 0.3 is 0 Å². The van der Waals surface area contributed by atoms with Gasteiger partial charge in [0.15, 0.2) is 0 Å². The van der Waals surface area contributed by atoms with Gasteiger partial charge in [-0.15, -0.1) is 11.6 Å². The predicted octanol–water partition coefficient (Wildman–Crippen LogP) is 1.03. The zero-order chi connectivity index (χ0) is 6.04. The molecule has 46 valence electrons. The average molecular weight is 134 g/mol. The topological polar surface area (TPSA) is 21.3 Å². The third-order valence-corrected chi connectivity index (χ3v) is 1.59. The summed E-state index contributed by atoms with van der Waals surface area (Å²) < 4.78 is 0. The predicted molar refractivity (Wildman–Crippen MR) is 32.5 cm³/mol. The summed E-state index contributed by atoms with van der Waals surface area (Å²) in [7, 11) is 0. The van der Waals surface area contributed by atoms with Gasteiger partial charge < -0.3 is 0 Å². The van der Waals surface area contributed by atoms with Crippen LogP contribution < -0.4 is 5.48 Å². The van der Waals surface area contributed by atoms with Crippen molar-refractivity contribution in [2.75, 3.05) is 5.88 Å². The summed E-state index contributed by atoms with van der Waals surface area (Å²) in [4.78, 5) is 5.00. The maximum absolute atomic E-state index is 5.53. The Labute approximate surface area is 53.4 Å². The van der Waals surface area contributed by atoms with E-state index >= 15 is 0 Å². The molecular formula is C5H8ClNO. The smallest absolute Gasteiger partial charge is 0.126 e. The first-order valence-corrected chi connectivity index (χ1v) is 2.97. The van der Waals surface area contributed by atoms with Gasteiger partial charge in [0.05, 0.1) is 5.88 Å². The van der Waals surface area contributed by atoms with Gasteiger partial charge in [0.1, 0.15) is 5.60 Å². The van der Waals surface area contributed by atoms with Crippen LogP contribution in [0.5, 0.6) is 0 Å². The van der Waals surface area contributed by atoms with E-state index in [9.17, 15) is 0 Å². The molecule has 0 fully saturated rings. The lowest BCUT2D eigenvalue weighted by molar-refractivity contribution is -0.00914. The molecule has 1 atom stereocenters. The molecule has 0 aromatic heterocycles. The summed E-state index contributed by atoms with van der Waals surface area (Å²) in [6.45, 7) is 1.91. The zero-order valence-corrected chi connectivity index (χ0v) is 5.40. The molecule has 0 bridgehead atoms. The Kier molecular flexibility index (Phi) is 1.45. The van der Waals surface area contributed by atoms with Crippen LogP contribution in [0.2, 0.25) is 0 Å². The van der Waals surface area contributed by atoms with Crippen LogP contribution in [0.15, 0.2) is 12.3 Å². The van der Waals surface area contributed by atoms with E-state index in [-0.39, 0.29) is 5.60 Å². The summed E-state index contributed by atoms with van der Waals surface area (Å²) in [5, 5.41) is 0. The SMILES string of the molecule is CC1(CCl)C=CNO1. The minimum absolute atomic E-state index is 0.290. The molecule has 0 saturated carbocycles. The van der Waals surface area contributed by atoms with Gasteiger partial charge in [0.2, 0.25) is 0 Å². The molecule has 0 aromatic rings. The van der Waals surface area contributed by atoms with Crippen molar-refractivity contribution >= 4 is 11.6 Å². The largest absolute Gasteiger partial charge is 0.274 e. The molecule has 1 aliphatic rings. The second-order valence-corrected chi connectivity index (χ2v) is 2.27. The highest BCUT2D eigenvalue weighted by molar-refractivity contribution is 6.18. The molecule has 0 amide bonds. The highest BCUT2D eigenvalue weighted by Crippen LogP contribution is 2.15. The fraction of sp³-hybridized carbons (Fsp3) is 0.600. The van der Waals surface area contributed by atoms with E-state index < -0.39 is 0 Å². The van der Waals surface area contributed by atoms with E-state index in [0.29, 0.717) is 5.88 Å². The fourth-order valence-electron chi connectivity index (χ4n) is 0.485. The molecule has 0 saturated heterocycles. The average Bonchev–Trinajstić information content (AvgIpc) is 2.17. The normalized spacial score (nSPS) is 35.2. The Morgan fingerprint density at radius 3 is 2.88 bits per heavy atom. The van der Waals surface area contributed by atoms with E-state index in [2.05, 4.69) is 5.48 Å². The summed E-state index contributed by atoms with van der Waals surface area (Å²) in [5.74, 6) is 0.483. The first-order valence-electron chi connectivity index (χ1n) is 2.44. The van der Waals surface area contributed by atoms with Crippen LogP contribution in [0.25, 0.3) is 0 Å². The van der Waals surface area contributed by atoms with Gasteiger partial charge in [-0.05, 0) is 13.0 Å². The quantitative estimate of drug-likeness (QED) is 0.540. The van der Waals surface area contributed by atoms with Gasteiger partial charge in [-0.3, -0.25) is 10.3 Å². The Bertz CT molecular complexity index is 115.